The lowest BCUT2D eigenvalue weighted by molar-refractivity contribution is -0.135. The first-order chi connectivity index (χ1) is 25.9. The van der Waals surface area contributed by atoms with Crippen molar-refractivity contribution in [1.29, 1.82) is 0 Å². The Hall–Kier alpha value is -2.84. The average molecular weight is 753 g/mol. The van der Waals surface area contributed by atoms with Gasteiger partial charge in [-0.05, 0) is 85.3 Å². The molecule has 0 saturated heterocycles. The molecule has 1 saturated carbocycles. The second-order valence-electron chi connectivity index (χ2n) is 17.0. The molecule has 2 aliphatic rings. The minimum Gasteiger partial charge on any atom is -0.426 e. The number of carbonyl (C=O) groups is 2. The van der Waals surface area contributed by atoms with Gasteiger partial charge in [-0.1, -0.05) is 118 Å². The Morgan fingerprint density at radius 1 is 0.796 bits per heavy atom. The van der Waals surface area contributed by atoms with Gasteiger partial charge in [0.1, 0.15) is 23.1 Å². The molecule has 0 spiro atoms. The molecule has 0 radical (unpaired) electrons. The van der Waals surface area contributed by atoms with Crippen molar-refractivity contribution >= 4 is 11.9 Å². The first-order valence-electron chi connectivity index (χ1n) is 21.5. The predicted octanol–water partition coefficient (Wildman–Crippen LogP) is 11.2. The Kier molecular flexibility index (Phi) is 17.4. The summed E-state index contributed by atoms with van der Waals surface area (Å²) in [6.07, 6.45) is 20.8. The van der Waals surface area contributed by atoms with Gasteiger partial charge in [-0.25, -0.2) is 8.78 Å². The van der Waals surface area contributed by atoms with E-state index in [0.717, 1.165) is 93.7 Å². The fourth-order valence-corrected chi connectivity index (χ4v) is 9.10. The van der Waals surface area contributed by atoms with Crippen molar-refractivity contribution in [3.8, 4) is 11.5 Å². The molecule has 2 aromatic rings. The van der Waals surface area contributed by atoms with E-state index in [1.165, 1.54) is 44.2 Å². The van der Waals surface area contributed by atoms with Gasteiger partial charge in [-0.2, -0.15) is 0 Å². The minimum atomic E-state index is -0.389. The van der Waals surface area contributed by atoms with Gasteiger partial charge in [-0.3, -0.25) is 9.59 Å². The lowest BCUT2D eigenvalue weighted by Crippen LogP contribution is -2.53. The van der Waals surface area contributed by atoms with Gasteiger partial charge in [0.2, 0.25) is 0 Å². The second-order valence-corrected chi connectivity index (χ2v) is 17.0. The monoisotopic (exact) mass is 753 g/mol. The van der Waals surface area contributed by atoms with Crippen LogP contribution in [-0.4, -0.2) is 24.5 Å². The maximum atomic E-state index is 15.4. The maximum Gasteiger partial charge on any atom is 0.311 e. The molecule has 2 aliphatic carbocycles. The summed E-state index contributed by atoms with van der Waals surface area (Å²) in [5.41, 5.74) is 15.6. The van der Waals surface area contributed by atoms with Gasteiger partial charge in [0.25, 0.3) is 0 Å². The number of rotatable bonds is 22. The van der Waals surface area contributed by atoms with E-state index in [2.05, 4.69) is 20.8 Å². The quantitative estimate of drug-likeness (QED) is 0.0705. The number of hydrogen-bond donors (Lipinski definition) is 2. The van der Waals surface area contributed by atoms with Crippen LogP contribution in [0.4, 0.5) is 8.78 Å². The van der Waals surface area contributed by atoms with E-state index in [1.54, 1.807) is 0 Å². The number of fused-ring (bicyclic) bond motifs is 4. The molecule has 54 heavy (non-hydrogen) atoms. The van der Waals surface area contributed by atoms with E-state index in [4.69, 9.17) is 20.9 Å². The molecule has 0 aliphatic heterocycles. The Labute approximate surface area is 324 Å². The highest BCUT2D eigenvalue weighted by Crippen LogP contribution is 2.47. The summed E-state index contributed by atoms with van der Waals surface area (Å²) in [7, 11) is 0. The lowest BCUT2D eigenvalue weighted by Gasteiger charge is -2.47. The Morgan fingerprint density at radius 3 is 2.02 bits per heavy atom. The number of hydrogen-bond acceptors (Lipinski definition) is 6. The molecule has 8 heteroatoms. The molecule has 1 fully saturated rings. The van der Waals surface area contributed by atoms with Crippen molar-refractivity contribution in [2.24, 2.45) is 17.4 Å². The number of carbonyl (C=O) groups excluding carboxylic acids is 2. The number of ether oxygens (including phenoxy) is 2. The molecular weight excluding hydrogens is 683 g/mol. The largest absolute Gasteiger partial charge is 0.426 e. The summed E-state index contributed by atoms with van der Waals surface area (Å²) >= 11 is 0. The zero-order valence-corrected chi connectivity index (χ0v) is 34.0. The van der Waals surface area contributed by atoms with Gasteiger partial charge in [0.05, 0.1) is 0 Å². The summed E-state index contributed by atoms with van der Waals surface area (Å²) in [4.78, 5) is 25.5. The van der Waals surface area contributed by atoms with Gasteiger partial charge < -0.3 is 20.9 Å². The highest BCUT2D eigenvalue weighted by atomic mass is 19.1. The highest BCUT2D eigenvalue weighted by molar-refractivity contribution is 5.73. The van der Waals surface area contributed by atoms with Crippen LogP contribution in [0.5, 0.6) is 11.5 Å². The fraction of sp³-hybridized carbons (Fsp3) is 0.696. The van der Waals surface area contributed by atoms with Gasteiger partial charge in [0, 0.05) is 48.4 Å². The normalized spacial score (nSPS) is 20.7. The van der Waals surface area contributed by atoms with Crippen LogP contribution in [0.25, 0.3) is 0 Å². The Bertz CT molecular complexity index is 1510. The number of nitrogens with two attached hydrogens (primary N) is 2. The third-order valence-corrected chi connectivity index (χ3v) is 12.6. The zero-order valence-electron chi connectivity index (χ0n) is 34.0. The van der Waals surface area contributed by atoms with Gasteiger partial charge in [0.15, 0.2) is 0 Å². The SMILES string of the molecule is CCCCCCCCC(C)(CN)c1cc(OC(=O)CCCCCCCCC(=O)Oc2cc(F)c3c(c2)C2(C)CCCCC[C@@H](C3)[C@@H]2N)cc(F)c1CCC. The molecule has 4 rings (SSSR count). The molecule has 0 amide bonds. The number of unbranched alkanes of at least 4 members (excludes halogenated alkanes) is 10. The number of halogens is 2. The molecule has 0 aromatic heterocycles. The average Bonchev–Trinajstić information content (AvgIpc) is 3.13. The first-order valence-corrected chi connectivity index (χ1v) is 21.5. The molecule has 4 atom stereocenters. The molecule has 4 N–H and O–H groups in total. The third-order valence-electron chi connectivity index (χ3n) is 12.6. The van der Waals surface area contributed by atoms with E-state index < -0.39 is 0 Å². The predicted molar refractivity (Wildman–Crippen MR) is 215 cm³/mol. The number of benzene rings is 2. The Morgan fingerprint density at radius 2 is 1.39 bits per heavy atom. The molecule has 2 aromatic carbocycles. The standard InChI is InChI=1S/C46H70F2N2O4/c1-5-7-8-9-14-19-25-45(3,32-49)38-28-34(30-40(47)36(38)21-6-2)53-42(51)23-17-12-10-11-13-18-24-43(52)54-35-29-39-37(41(48)31-35)27-33-22-16-15-20-26-46(39,4)44(33)50/h28-31,33,44H,5-27,32,49-50H2,1-4H3/t33-,44-,45?,46?/m0/s1. The second kappa shape index (κ2) is 21.5. The fourth-order valence-electron chi connectivity index (χ4n) is 9.10. The molecule has 2 bridgehead atoms. The summed E-state index contributed by atoms with van der Waals surface area (Å²) in [5, 5.41) is 0. The van der Waals surface area contributed by atoms with Crippen molar-refractivity contribution in [3.05, 3.63) is 58.2 Å². The van der Waals surface area contributed by atoms with Gasteiger partial charge in [-0.15, -0.1) is 0 Å². The van der Waals surface area contributed by atoms with Crippen molar-refractivity contribution in [1.82, 2.24) is 0 Å². The van der Waals surface area contributed by atoms with Crippen LogP contribution in [0.1, 0.15) is 185 Å². The van der Waals surface area contributed by atoms with E-state index >= 15 is 8.78 Å². The first kappa shape index (κ1) is 43.9. The smallest absolute Gasteiger partial charge is 0.311 e. The molecule has 6 nitrogen and oxygen atoms in total. The van der Waals surface area contributed by atoms with Crippen LogP contribution in [-0.2, 0) is 33.3 Å². The minimum absolute atomic E-state index is 0.0283. The van der Waals surface area contributed by atoms with E-state index in [9.17, 15) is 9.59 Å². The molecular formula is C46H70F2N2O4. The van der Waals surface area contributed by atoms with E-state index in [1.807, 2.05) is 19.1 Å². The van der Waals surface area contributed by atoms with E-state index in [0.29, 0.717) is 37.8 Å². The molecule has 2 unspecified atom stereocenters. The summed E-state index contributed by atoms with van der Waals surface area (Å²) < 4.78 is 42.1. The third kappa shape index (κ3) is 11.8. The van der Waals surface area contributed by atoms with Crippen LogP contribution in [0.15, 0.2) is 24.3 Å². The highest BCUT2D eigenvalue weighted by Gasteiger charge is 2.45. The topological polar surface area (TPSA) is 105 Å². The van der Waals surface area contributed by atoms with Crippen LogP contribution in [0, 0.1) is 17.6 Å². The summed E-state index contributed by atoms with van der Waals surface area (Å²) in [6.45, 7) is 8.92. The van der Waals surface area contributed by atoms with Crippen molar-refractivity contribution in [3.63, 3.8) is 0 Å². The van der Waals surface area contributed by atoms with Crippen molar-refractivity contribution in [2.45, 2.75) is 192 Å². The van der Waals surface area contributed by atoms with Gasteiger partial charge >= 0.3 is 11.9 Å². The number of esters is 2. The van der Waals surface area contributed by atoms with Crippen LogP contribution >= 0.6 is 0 Å². The van der Waals surface area contributed by atoms with Crippen LogP contribution in [0.2, 0.25) is 0 Å². The zero-order chi connectivity index (χ0) is 39.1. The molecule has 0 heterocycles. The lowest BCUT2D eigenvalue weighted by atomic mass is 9.60. The summed E-state index contributed by atoms with van der Waals surface area (Å²) in [6, 6.07) is 6.41. The Balaban J connectivity index is 1.18. The molecule has 302 valence electrons. The van der Waals surface area contributed by atoms with Crippen molar-refractivity contribution in [2.75, 3.05) is 6.54 Å². The summed E-state index contributed by atoms with van der Waals surface area (Å²) in [5.74, 6) is -0.524. The maximum absolute atomic E-state index is 15.4. The van der Waals surface area contributed by atoms with Crippen molar-refractivity contribution < 1.29 is 27.8 Å². The van der Waals surface area contributed by atoms with E-state index in [-0.39, 0.29) is 70.7 Å². The van der Waals surface area contributed by atoms with Crippen LogP contribution in [0.3, 0.4) is 0 Å². The van der Waals surface area contributed by atoms with Crippen LogP contribution < -0.4 is 20.9 Å².